The Morgan fingerprint density at radius 3 is 2.50 bits per heavy atom. The van der Waals surface area contributed by atoms with Crippen LogP contribution >= 0.6 is 0 Å². The van der Waals surface area contributed by atoms with Gasteiger partial charge in [0.15, 0.2) is 9.84 Å². The van der Waals surface area contributed by atoms with Crippen molar-refractivity contribution in [3.8, 4) is 5.75 Å². The van der Waals surface area contributed by atoms with Crippen LogP contribution in [0, 0.1) is 0 Å². The molecule has 0 unspecified atom stereocenters. The summed E-state index contributed by atoms with van der Waals surface area (Å²) in [5.74, 6) is -0.00507. The van der Waals surface area contributed by atoms with Gasteiger partial charge in [-0.15, -0.1) is 0 Å². The number of ether oxygens (including phenoxy) is 1. The van der Waals surface area contributed by atoms with Crippen molar-refractivity contribution in [2.45, 2.75) is 11.8 Å². The summed E-state index contributed by atoms with van der Waals surface area (Å²) in [6, 6.07) is 5.88. The van der Waals surface area contributed by atoms with Crippen molar-refractivity contribution in [3.05, 3.63) is 36.2 Å². The van der Waals surface area contributed by atoms with Crippen molar-refractivity contribution < 1.29 is 17.5 Å². The highest BCUT2D eigenvalue weighted by Gasteiger charge is 2.10. The molecule has 1 aromatic carbocycles. The molecule has 0 aliphatic carbocycles. The Bertz CT molecular complexity index is 509. The van der Waals surface area contributed by atoms with E-state index in [1.807, 2.05) is 0 Å². The average molecular weight is 273 g/mol. The molecule has 18 heavy (non-hydrogen) atoms. The molecule has 0 fully saturated rings. The van der Waals surface area contributed by atoms with Crippen LogP contribution in [0.1, 0.15) is 6.92 Å². The molecule has 0 aliphatic heterocycles. The molecular formula is C12H16FNO3S. The van der Waals surface area contributed by atoms with E-state index in [1.165, 1.54) is 30.3 Å². The van der Waals surface area contributed by atoms with Gasteiger partial charge in [0, 0.05) is 6.54 Å². The molecule has 0 aromatic heterocycles. The average Bonchev–Trinajstić information content (AvgIpc) is 2.37. The van der Waals surface area contributed by atoms with Crippen LogP contribution in [0.5, 0.6) is 5.75 Å². The van der Waals surface area contributed by atoms with Gasteiger partial charge in [0.05, 0.1) is 10.6 Å². The minimum Gasteiger partial charge on any atom is -0.487 e. The molecule has 6 heteroatoms. The molecule has 0 spiro atoms. The lowest BCUT2D eigenvalue weighted by Gasteiger charge is -2.06. The van der Waals surface area contributed by atoms with Crippen molar-refractivity contribution >= 4 is 9.84 Å². The second-order valence-electron chi connectivity index (χ2n) is 3.55. The predicted octanol–water partition coefficient (Wildman–Crippen LogP) is 1.67. The SMILES string of the molecule is CCS(=O)(=O)c1ccc(OC/C(F)=C\CN)cc1. The van der Waals surface area contributed by atoms with E-state index in [-0.39, 0.29) is 23.8 Å². The Hall–Kier alpha value is -1.40. The molecular weight excluding hydrogens is 257 g/mol. The summed E-state index contributed by atoms with van der Waals surface area (Å²) in [6.45, 7) is 1.48. The first kappa shape index (κ1) is 14.7. The Labute approximate surface area is 106 Å². The van der Waals surface area contributed by atoms with Crippen molar-refractivity contribution in [3.63, 3.8) is 0 Å². The summed E-state index contributed by atoms with van der Waals surface area (Å²) >= 11 is 0. The Morgan fingerprint density at radius 2 is 2.00 bits per heavy atom. The Balaban J connectivity index is 2.70. The molecule has 2 N–H and O–H groups in total. The van der Waals surface area contributed by atoms with Gasteiger partial charge in [-0.3, -0.25) is 0 Å². The van der Waals surface area contributed by atoms with Gasteiger partial charge in [0.25, 0.3) is 0 Å². The lowest BCUT2D eigenvalue weighted by atomic mass is 10.3. The van der Waals surface area contributed by atoms with E-state index < -0.39 is 15.7 Å². The van der Waals surface area contributed by atoms with Crippen molar-refractivity contribution in [2.75, 3.05) is 18.9 Å². The van der Waals surface area contributed by atoms with Crippen LogP contribution in [0.25, 0.3) is 0 Å². The summed E-state index contributed by atoms with van der Waals surface area (Å²) in [6.07, 6.45) is 1.22. The maximum Gasteiger partial charge on any atom is 0.178 e. The van der Waals surface area contributed by atoms with E-state index >= 15 is 0 Å². The summed E-state index contributed by atoms with van der Waals surface area (Å²) < 4.78 is 41.2. The van der Waals surface area contributed by atoms with Gasteiger partial charge in [0.2, 0.25) is 0 Å². The minimum absolute atomic E-state index is 0.0427. The summed E-state index contributed by atoms with van der Waals surface area (Å²) in [5, 5.41) is 0. The summed E-state index contributed by atoms with van der Waals surface area (Å²) in [4.78, 5) is 0.232. The van der Waals surface area contributed by atoms with Gasteiger partial charge >= 0.3 is 0 Å². The molecule has 4 nitrogen and oxygen atoms in total. The number of nitrogens with two attached hydrogens (primary N) is 1. The lowest BCUT2D eigenvalue weighted by Crippen LogP contribution is -2.04. The molecule has 0 saturated heterocycles. The van der Waals surface area contributed by atoms with Gasteiger partial charge in [0.1, 0.15) is 18.2 Å². The smallest absolute Gasteiger partial charge is 0.178 e. The van der Waals surface area contributed by atoms with Crippen LogP contribution in [0.2, 0.25) is 0 Å². The zero-order valence-electron chi connectivity index (χ0n) is 10.1. The predicted molar refractivity (Wildman–Crippen MR) is 67.9 cm³/mol. The van der Waals surface area contributed by atoms with Crippen LogP contribution in [0.15, 0.2) is 41.1 Å². The quantitative estimate of drug-likeness (QED) is 0.856. The molecule has 0 bridgehead atoms. The van der Waals surface area contributed by atoms with Crippen molar-refractivity contribution in [1.82, 2.24) is 0 Å². The van der Waals surface area contributed by atoms with Crippen molar-refractivity contribution in [1.29, 1.82) is 0 Å². The summed E-state index contributed by atoms with van der Waals surface area (Å²) in [5.41, 5.74) is 5.14. The Morgan fingerprint density at radius 1 is 1.39 bits per heavy atom. The fraction of sp³-hybridized carbons (Fsp3) is 0.333. The molecule has 0 amide bonds. The number of hydrogen-bond donors (Lipinski definition) is 1. The standard InChI is InChI=1S/C12H16FNO3S/c1-2-18(15,16)12-5-3-11(4-6-12)17-9-10(13)7-8-14/h3-7H,2,8-9,14H2,1H3/b10-7+. The number of halogens is 1. The van der Waals surface area contributed by atoms with Crippen LogP contribution in [-0.4, -0.2) is 27.3 Å². The molecule has 1 aromatic rings. The maximum atomic E-state index is 13.0. The molecule has 0 aliphatic rings. The lowest BCUT2D eigenvalue weighted by molar-refractivity contribution is 0.318. The molecule has 0 heterocycles. The first-order valence-corrected chi connectivity index (χ1v) is 7.15. The normalized spacial score (nSPS) is 12.5. The van der Waals surface area contributed by atoms with E-state index in [0.717, 1.165) is 0 Å². The van der Waals surface area contributed by atoms with E-state index in [4.69, 9.17) is 10.5 Å². The third-order valence-corrected chi connectivity index (χ3v) is 4.03. The first-order chi connectivity index (χ1) is 8.49. The number of benzene rings is 1. The molecule has 1 rings (SSSR count). The topological polar surface area (TPSA) is 69.4 Å². The highest BCUT2D eigenvalue weighted by Crippen LogP contribution is 2.17. The van der Waals surface area contributed by atoms with Crippen LogP contribution in [0.3, 0.4) is 0 Å². The maximum absolute atomic E-state index is 13.0. The zero-order valence-corrected chi connectivity index (χ0v) is 10.9. The van der Waals surface area contributed by atoms with Gasteiger partial charge in [-0.2, -0.15) is 0 Å². The number of sulfone groups is 1. The number of rotatable bonds is 6. The minimum atomic E-state index is -3.21. The van der Waals surface area contributed by atoms with Crippen LogP contribution < -0.4 is 10.5 Å². The fourth-order valence-corrected chi connectivity index (χ4v) is 2.13. The van der Waals surface area contributed by atoms with Crippen LogP contribution in [0.4, 0.5) is 4.39 Å². The van der Waals surface area contributed by atoms with Gasteiger partial charge in [-0.25, -0.2) is 12.8 Å². The molecule has 100 valence electrons. The summed E-state index contributed by atoms with van der Waals surface area (Å²) in [7, 11) is -3.21. The largest absolute Gasteiger partial charge is 0.487 e. The Kier molecular flexibility index (Phi) is 5.30. The zero-order chi connectivity index (χ0) is 13.6. The number of hydrogen-bond acceptors (Lipinski definition) is 4. The third kappa shape index (κ3) is 4.12. The monoisotopic (exact) mass is 273 g/mol. The van der Waals surface area contributed by atoms with Crippen LogP contribution in [-0.2, 0) is 9.84 Å². The van der Waals surface area contributed by atoms with Gasteiger partial charge in [-0.1, -0.05) is 6.92 Å². The van der Waals surface area contributed by atoms with E-state index in [2.05, 4.69) is 0 Å². The second-order valence-corrected chi connectivity index (χ2v) is 5.83. The highest BCUT2D eigenvalue weighted by atomic mass is 32.2. The first-order valence-electron chi connectivity index (χ1n) is 5.50. The molecule has 0 radical (unpaired) electrons. The van der Waals surface area contributed by atoms with Gasteiger partial charge in [-0.05, 0) is 30.3 Å². The second kappa shape index (κ2) is 6.51. The van der Waals surface area contributed by atoms with E-state index in [9.17, 15) is 12.8 Å². The third-order valence-electron chi connectivity index (χ3n) is 2.28. The fourth-order valence-electron chi connectivity index (χ4n) is 1.25. The van der Waals surface area contributed by atoms with E-state index in [0.29, 0.717) is 5.75 Å². The van der Waals surface area contributed by atoms with E-state index in [1.54, 1.807) is 6.92 Å². The molecule has 0 saturated carbocycles. The highest BCUT2D eigenvalue weighted by molar-refractivity contribution is 7.91. The molecule has 0 atom stereocenters. The van der Waals surface area contributed by atoms with Crippen molar-refractivity contribution in [2.24, 2.45) is 5.73 Å². The van der Waals surface area contributed by atoms with Gasteiger partial charge < -0.3 is 10.5 Å².